The Hall–Kier alpha value is -1.55. The average molecular weight is 462 g/mol. The van der Waals surface area contributed by atoms with Crippen molar-refractivity contribution in [3.05, 3.63) is 45.7 Å². The minimum absolute atomic E-state index is 0.258. The third kappa shape index (κ3) is 6.21. The van der Waals surface area contributed by atoms with Gasteiger partial charge in [0.25, 0.3) is 0 Å². The smallest absolute Gasteiger partial charge is 0.414 e. The molecule has 0 aliphatic heterocycles. The molecule has 1 atom stereocenters. The van der Waals surface area contributed by atoms with Crippen molar-refractivity contribution in [1.82, 2.24) is 9.71 Å². The average Bonchev–Trinajstić information content (AvgIpc) is 3.01. The van der Waals surface area contributed by atoms with Gasteiger partial charge in [-0.25, -0.2) is 28.0 Å². The van der Waals surface area contributed by atoms with Crippen molar-refractivity contribution in [3.8, 4) is 0 Å². The van der Waals surface area contributed by atoms with Crippen molar-refractivity contribution < 1.29 is 18.5 Å². The highest BCUT2D eigenvalue weighted by molar-refractivity contribution is 7.84. The molecule has 160 valence electrons. The second kappa shape index (κ2) is 9.07. The standard InChI is InChI=1S/C19H25ClFN3O3S2/c1-18(2,3)24(17(25)26)16-22-10-14(28-16)11-23-29(27)19(4,5)9-12-6-7-13(20)8-15(12)21/h6-8,10,23H,9,11H2,1-5H3,(H,25,26). The predicted molar refractivity (Wildman–Crippen MR) is 117 cm³/mol. The van der Waals surface area contributed by atoms with E-state index in [2.05, 4.69) is 9.71 Å². The zero-order valence-electron chi connectivity index (χ0n) is 17.0. The molecule has 0 spiro atoms. The Morgan fingerprint density at radius 3 is 2.55 bits per heavy atom. The SMILES string of the molecule is CC(C)(C)N(C(=O)O)c1ncc(CNS(=O)C(C)(C)Cc2ccc(Cl)cc2F)s1. The van der Waals surface area contributed by atoms with Gasteiger partial charge in [0.05, 0.1) is 15.7 Å². The van der Waals surface area contributed by atoms with Crippen LogP contribution in [0.4, 0.5) is 14.3 Å². The molecular formula is C19H25ClFN3O3S2. The summed E-state index contributed by atoms with van der Waals surface area (Å²) in [6.07, 6.45) is 0.749. The number of thiazole rings is 1. The number of rotatable bonds is 7. The number of aromatic nitrogens is 1. The summed E-state index contributed by atoms with van der Waals surface area (Å²) in [6.45, 7) is 9.19. The van der Waals surface area contributed by atoms with Gasteiger partial charge in [-0.2, -0.15) is 0 Å². The van der Waals surface area contributed by atoms with E-state index in [4.69, 9.17) is 11.6 Å². The lowest BCUT2D eigenvalue weighted by atomic mass is 10.0. The molecular weight excluding hydrogens is 437 g/mol. The Kier molecular flexibility index (Phi) is 7.42. The number of amides is 1. The van der Waals surface area contributed by atoms with Crippen LogP contribution in [0.2, 0.25) is 5.02 Å². The van der Waals surface area contributed by atoms with Crippen molar-refractivity contribution in [1.29, 1.82) is 0 Å². The third-order valence-electron chi connectivity index (χ3n) is 4.11. The van der Waals surface area contributed by atoms with E-state index < -0.39 is 33.2 Å². The number of hydrogen-bond donors (Lipinski definition) is 2. The summed E-state index contributed by atoms with van der Waals surface area (Å²) >= 11 is 7.00. The second-order valence-corrected chi connectivity index (χ2v) is 11.6. The molecule has 1 aromatic heterocycles. The molecule has 0 saturated heterocycles. The van der Waals surface area contributed by atoms with Gasteiger partial charge in [0.15, 0.2) is 5.13 Å². The summed E-state index contributed by atoms with van der Waals surface area (Å²) in [4.78, 5) is 17.7. The molecule has 1 amide bonds. The summed E-state index contributed by atoms with van der Waals surface area (Å²) in [5, 5.41) is 10.1. The lowest BCUT2D eigenvalue weighted by Gasteiger charge is -2.30. The Morgan fingerprint density at radius 2 is 2.00 bits per heavy atom. The van der Waals surface area contributed by atoms with Gasteiger partial charge in [-0.1, -0.05) is 17.7 Å². The molecule has 2 N–H and O–H groups in total. The molecule has 0 saturated carbocycles. The quantitative estimate of drug-likeness (QED) is 0.608. The molecule has 1 aromatic carbocycles. The monoisotopic (exact) mass is 461 g/mol. The summed E-state index contributed by atoms with van der Waals surface area (Å²) in [6, 6.07) is 4.44. The molecule has 1 unspecified atom stereocenters. The van der Waals surface area contributed by atoms with Crippen LogP contribution < -0.4 is 9.62 Å². The molecule has 1 heterocycles. The number of halogens is 2. The molecule has 0 aliphatic carbocycles. The maximum atomic E-state index is 14.1. The van der Waals surface area contributed by atoms with E-state index >= 15 is 0 Å². The zero-order chi connectivity index (χ0) is 22.0. The summed E-state index contributed by atoms with van der Waals surface area (Å²) in [7, 11) is -1.47. The first-order valence-electron chi connectivity index (χ1n) is 8.88. The topological polar surface area (TPSA) is 82.5 Å². The van der Waals surface area contributed by atoms with Crippen molar-refractivity contribution in [2.45, 2.75) is 57.9 Å². The van der Waals surface area contributed by atoms with Gasteiger partial charge in [-0.3, -0.25) is 0 Å². The number of carboxylic acid groups (broad SMARTS) is 1. The van der Waals surface area contributed by atoms with E-state index in [1.807, 2.05) is 0 Å². The van der Waals surface area contributed by atoms with Gasteiger partial charge in [0, 0.05) is 28.2 Å². The molecule has 0 bridgehead atoms. The van der Waals surface area contributed by atoms with Gasteiger partial charge in [-0.15, -0.1) is 11.3 Å². The molecule has 0 fully saturated rings. The number of nitrogens with zero attached hydrogens (tertiary/aromatic N) is 2. The number of hydrogen-bond acceptors (Lipinski definition) is 4. The van der Waals surface area contributed by atoms with E-state index in [-0.39, 0.29) is 13.0 Å². The van der Waals surface area contributed by atoms with Gasteiger partial charge >= 0.3 is 6.09 Å². The van der Waals surface area contributed by atoms with Crippen LogP contribution in [0.3, 0.4) is 0 Å². The Morgan fingerprint density at radius 1 is 1.34 bits per heavy atom. The number of anilines is 1. The molecule has 6 nitrogen and oxygen atoms in total. The van der Waals surface area contributed by atoms with Crippen LogP contribution in [-0.4, -0.2) is 30.7 Å². The number of benzene rings is 1. The maximum Gasteiger partial charge on any atom is 0.414 e. The van der Waals surface area contributed by atoms with Crippen molar-refractivity contribution >= 4 is 45.1 Å². The summed E-state index contributed by atoms with van der Waals surface area (Å²) < 4.78 is 29.0. The van der Waals surface area contributed by atoms with Crippen LogP contribution in [0.25, 0.3) is 0 Å². The molecule has 2 aromatic rings. The maximum absolute atomic E-state index is 14.1. The largest absolute Gasteiger partial charge is 0.465 e. The molecule has 29 heavy (non-hydrogen) atoms. The highest BCUT2D eigenvalue weighted by Crippen LogP contribution is 2.29. The van der Waals surface area contributed by atoms with Gasteiger partial charge in [0.2, 0.25) is 0 Å². The first-order valence-corrected chi connectivity index (χ1v) is 11.2. The fraction of sp³-hybridized carbons (Fsp3) is 0.474. The molecule has 0 aliphatic rings. The van der Waals surface area contributed by atoms with E-state index in [0.29, 0.717) is 15.7 Å². The van der Waals surface area contributed by atoms with Gasteiger partial charge in [-0.05, 0) is 58.7 Å². The van der Waals surface area contributed by atoms with Crippen molar-refractivity contribution in [3.63, 3.8) is 0 Å². The van der Waals surface area contributed by atoms with E-state index in [1.165, 1.54) is 22.3 Å². The van der Waals surface area contributed by atoms with Gasteiger partial charge < -0.3 is 5.11 Å². The van der Waals surface area contributed by atoms with Crippen LogP contribution in [0, 0.1) is 5.82 Å². The van der Waals surface area contributed by atoms with E-state index in [1.54, 1.807) is 52.9 Å². The van der Waals surface area contributed by atoms with Crippen LogP contribution >= 0.6 is 22.9 Å². The minimum Gasteiger partial charge on any atom is -0.465 e. The van der Waals surface area contributed by atoms with Crippen LogP contribution in [0.15, 0.2) is 24.4 Å². The lowest BCUT2D eigenvalue weighted by molar-refractivity contribution is 0.195. The zero-order valence-corrected chi connectivity index (χ0v) is 19.3. The first-order chi connectivity index (χ1) is 13.3. The highest BCUT2D eigenvalue weighted by atomic mass is 35.5. The molecule has 2 rings (SSSR count). The van der Waals surface area contributed by atoms with Crippen LogP contribution in [-0.2, 0) is 24.0 Å². The van der Waals surface area contributed by atoms with Crippen molar-refractivity contribution in [2.75, 3.05) is 4.90 Å². The normalized spacial score (nSPS) is 13.3. The highest BCUT2D eigenvalue weighted by Gasteiger charge is 2.31. The number of carbonyl (C=O) groups is 1. The Labute approximate surface area is 181 Å². The number of nitrogens with one attached hydrogen (secondary N) is 1. The lowest BCUT2D eigenvalue weighted by Crippen LogP contribution is -2.45. The predicted octanol–water partition coefficient (Wildman–Crippen LogP) is 4.99. The van der Waals surface area contributed by atoms with Crippen LogP contribution in [0.1, 0.15) is 45.1 Å². The van der Waals surface area contributed by atoms with Crippen LogP contribution in [0.5, 0.6) is 0 Å². The summed E-state index contributed by atoms with van der Waals surface area (Å²) in [5.41, 5.74) is -0.195. The van der Waals surface area contributed by atoms with Gasteiger partial charge in [0.1, 0.15) is 5.82 Å². The van der Waals surface area contributed by atoms with E-state index in [0.717, 1.165) is 4.88 Å². The fourth-order valence-electron chi connectivity index (χ4n) is 2.66. The first kappa shape index (κ1) is 23.7. The van der Waals surface area contributed by atoms with E-state index in [9.17, 15) is 18.5 Å². The summed E-state index contributed by atoms with van der Waals surface area (Å²) in [5.74, 6) is -0.425. The van der Waals surface area contributed by atoms with Crippen molar-refractivity contribution in [2.24, 2.45) is 0 Å². The minimum atomic E-state index is -1.47. The second-order valence-electron chi connectivity index (χ2n) is 8.16. The Bertz CT molecular complexity index is 912. The molecule has 10 heteroatoms. The Balaban J connectivity index is 2.05. The fourth-order valence-corrected chi connectivity index (χ4v) is 4.91. The third-order valence-corrected chi connectivity index (χ3v) is 6.88. The molecule has 0 radical (unpaired) electrons.